The first kappa shape index (κ1) is 17.9. The zero-order valence-corrected chi connectivity index (χ0v) is 16.2. The van der Waals surface area contributed by atoms with Crippen molar-refractivity contribution < 1.29 is 14.4 Å². The van der Waals surface area contributed by atoms with Crippen LogP contribution in [0.2, 0.25) is 0 Å². The second-order valence-electron chi connectivity index (χ2n) is 7.02. The SMILES string of the molecule is O=C(Nc1ccc(Br)cc1)c1cccc(N2C(=O)[C@H]3CCCC[C@@H]3C2=O)c1. The van der Waals surface area contributed by atoms with Crippen LogP contribution in [0.15, 0.2) is 53.0 Å². The maximum atomic E-state index is 12.8. The van der Waals surface area contributed by atoms with E-state index in [0.29, 0.717) is 16.9 Å². The summed E-state index contributed by atoms with van der Waals surface area (Å²) in [6.07, 6.45) is 3.53. The molecule has 1 aliphatic heterocycles. The number of amides is 3. The molecule has 0 radical (unpaired) electrons. The number of benzene rings is 2. The molecule has 0 aromatic heterocycles. The van der Waals surface area contributed by atoms with Crippen molar-refractivity contribution in [1.29, 1.82) is 0 Å². The highest BCUT2D eigenvalue weighted by molar-refractivity contribution is 9.10. The van der Waals surface area contributed by atoms with Gasteiger partial charge in [-0.05, 0) is 55.3 Å². The molecule has 1 N–H and O–H groups in total. The molecule has 2 aromatic rings. The summed E-state index contributed by atoms with van der Waals surface area (Å²) in [6, 6.07) is 14.0. The van der Waals surface area contributed by atoms with Crippen molar-refractivity contribution in [2.75, 3.05) is 10.2 Å². The fourth-order valence-electron chi connectivity index (χ4n) is 3.94. The maximum absolute atomic E-state index is 12.8. The van der Waals surface area contributed by atoms with Crippen LogP contribution >= 0.6 is 15.9 Å². The van der Waals surface area contributed by atoms with Gasteiger partial charge in [-0.2, -0.15) is 0 Å². The van der Waals surface area contributed by atoms with Crippen molar-refractivity contribution in [3.8, 4) is 0 Å². The van der Waals surface area contributed by atoms with E-state index in [9.17, 15) is 14.4 Å². The maximum Gasteiger partial charge on any atom is 0.255 e. The Morgan fingerprint density at radius 2 is 1.59 bits per heavy atom. The van der Waals surface area contributed by atoms with Gasteiger partial charge in [-0.3, -0.25) is 19.3 Å². The van der Waals surface area contributed by atoms with Gasteiger partial charge in [-0.1, -0.05) is 34.8 Å². The van der Waals surface area contributed by atoms with E-state index in [-0.39, 0.29) is 29.6 Å². The Labute approximate surface area is 165 Å². The van der Waals surface area contributed by atoms with Gasteiger partial charge < -0.3 is 5.32 Å². The monoisotopic (exact) mass is 426 g/mol. The third-order valence-electron chi connectivity index (χ3n) is 5.31. The molecule has 1 saturated carbocycles. The van der Waals surface area contributed by atoms with E-state index >= 15 is 0 Å². The molecule has 2 aliphatic rings. The van der Waals surface area contributed by atoms with Crippen LogP contribution in [0.1, 0.15) is 36.0 Å². The number of carbonyl (C=O) groups excluding carboxylic acids is 3. The Morgan fingerprint density at radius 3 is 2.22 bits per heavy atom. The Balaban J connectivity index is 1.57. The molecule has 0 spiro atoms. The summed E-state index contributed by atoms with van der Waals surface area (Å²) in [6.45, 7) is 0. The molecule has 138 valence electrons. The van der Waals surface area contributed by atoms with Crippen LogP contribution < -0.4 is 10.2 Å². The van der Waals surface area contributed by atoms with Gasteiger partial charge in [0.15, 0.2) is 0 Å². The molecule has 27 heavy (non-hydrogen) atoms. The van der Waals surface area contributed by atoms with Crippen molar-refractivity contribution in [2.24, 2.45) is 11.8 Å². The Hall–Kier alpha value is -2.47. The van der Waals surface area contributed by atoms with Crippen LogP contribution in [0, 0.1) is 11.8 Å². The normalized spacial score (nSPS) is 21.9. The van der Waals surface area contributed by atoms with Gasteiger partial charge in [0.05, 0.1) is 17.5 Å². The number of nitrogens with one attached hydrogen (secondary N) is 1. The minimum Gasteiger partial charge on any atom is -0.322 e. The predicted octanol–water partition coefficient (Wildman–Crippen LogP) is 4.38. The molecule has 0 bridgehead atoms. The molecule has 2 aromatic carbocycles. The second kappa shape index (κ2) is 7.27. The second-order valence-corrected chi connectivity index (χ2v) is 7.94. The molecule has 2 fully saturated rings. The van der Waals surface area contributed by atoms with Crippen LogP contribution in [0.3, 0.4) is 0 Å². The lowest BCUT2D eigenvalue weighted by Crippen LogP contribution is -2.31. The zero-order valence-electron chi connectivity index (χ0n) is 14.7. The number of nitrogens with zero attached hydrogens (tertiary/aromatic N) is 1. The molecular formula is C21H19BrN2O3. The highest BCUT2D eigenvalue weighted by Gasteiger charge is 2.48. The summed E-state index contributed by atoms with van der Waals surface area (Å²) < 4.78 is 0.926. The van der Waals surface area contributed by atoms with E-state index in [4.69, 9.17) is 0 Å². The van der Waals surface area contributed by atoms with E-state index in [0.717, 1.165) is 30.2 Å². The molecule has 3 amide bonds. The summed E-state index contributed by atoms with van der Waals surface area (Å²) in [4.78, 5) is 39.4. The number of carbonyl (C=O) groups is 3. The quantitative estimate of drug-likeness (QED) is 0.740. The third kappa shape index (κ3) is 3.41. The molecular weight excluding hydrogens is 408 g/mol. The minimum atomic E-state index is -0.282. The first-order valence-electron chi connectivity index (χ1n) is 9.09. The van der Waals surface area contributed by atoms with E-state index < -0.39 is 0 Å². The van der Waals surface area contributed by atoms with Crippen LogP contribution in [-0.2, 0) is 9.59 Å². The van der Waals surface area contributed by atoms with E-state index in [1.165, 1.54) is 4.90 Å². The summed E-state index contributed by atoms with van der Waals surface area (Å²) in [5.74, 6) is -0.945. The number of fused-ring (bicyclic) bond motifs is 1. The number of anilines is 2. The fraction of sp³-hybridized carbons (Fsp3) is 0.286. The average molecular weight is 427 g/mol. The van der Waals surface area contributed by atoms with Crippen LogP contribution in [0.25, 0.3) is 0 Å². The average Bonchev–Trinajstić information content (AvgIpc) is 2.95. The van der Waals surface area contributed by atoms with Gasteiger partial charge in [0, 0.05) is 15.7 Å². The van der Waals surface area contributed by atoms with E-state index in [2.05, 4.69) is 21.2 Å². The van der Waals surface area contributed by atoms with Crippen LogP contribution in [-0.4, -0.2) is 17.7 Å². The van der Waals surface area contributed by atoms with Gasteiger partial charge in [0.25, 0.3) is 5.91 Å². The predicted molar refractivity (Wildman–Crippen MR) is 106 cm³/mol. The molecule has 1 aliphatic carbocycles. The fourth-order valence-corrected chi connectivity index (χ4v) is 4.20. The molecule has 1 heterocycles. The first-order chi connectivity index (χ1) is 13.0. The standard InChI is InChI=1S/C21H19BrN2O3/c22-14-8-10-15(11-9-14)23-19(25)13-4-3-5-16(12-13)24-20(26)17-6-1-2-7-18(17)21(24)27/h3-5,8-12,17-18H,1-2,6-7H2,(H,23,25)/t17-,18-/m0/s1. The topological polar surface area (TPSA) is 66.5 Å². The first-order valence-corrected chi connectivity index (χ1v) is 9.89. The lowest BCUT2D eigenvalue weighted by atomic mass is 9.81. The highest BCUT2D eigenvalue weighted by atomic mass is 79.9. The van der Waals surface area contributed by atoms with Gasteiger partial charge >= 0.3 is 0 Å². The Morgan fingerprint density at radius 1 is 0.963 bits per heavy atom. The summed E-state index contributed by atoms with van der Waals surface area (Å²) in [7, 11) is 0. The summed E-state index contributed by atoms with van der Waals surface area (Å²) >= 11 is 3.36. The zero-order chi connectivity index (χ0) is 19.0. The molecule has 5 nitrogen and oxygen atoms in total. The number of halogens is 1. The Kier molecular flexibility index (Phi) is 4.83. The molecule has 6 heteroatoms. The number of imide groups is 1. The van der Waals surface area contributed by atoms with Gasteiger partial charge in [0.1, 0.15) is 0 Å². The highest BCUT2D eigenvalue weighted by Crippen LogP contribution is 2.40. The van der Waals surface area contributed by atoms with Crippen molar-refractivity contribution >= 4 is 45.0 Å². The lowest BCUT2D eigenvalue weighted by Gasteiger charge is -2.19. The number of hydrogen-bond donors (Lipinski definition) is 1. The molecule has 4 rings (SSSR count). The summed E-state index contributed by atoms with van der Waals surface area (Å²) in [5.41, 5.74) is 1.56. The smallest absolute Gasteiger partial charge is 0.255 e. The van der Waals surface area contributed by atoms with Crippen molar-refractivity contribution in [1.82, 2.24) is 0 Å². The lowest BCUT2D eigenvalue weighted by molar-refractivity contribution is -0.122. The van der Waals surface area contributed by atoms with Gasteiger partial charge in [-0.15, -0.1) is 0 Å². The van der Waals surface area contributed by atoms with Gasteiger partial charge in [0.2, 0.25) is 11.8 Å². The summed E-state index contributed by atoms with van der Waals surface area (Å²) in [5, 5.41) is 2.83. The molecule has 2 atom stereocenters. The van der Waals surface area contributed by atoms with E-state index in [1.807, 2.05) is 12.1 Å². The van der Waals surface area contributed by atoms with E-state index in [1.54, 1.807) is 36.4 Å². The molecule has 1 saturated heterocycles. The van der Waals surface area contributed by atoms with Crippen molar-refractivity contribution in [3.05, 3.63) is 58.6 Å². The number of hydrogen-bond acceptors (Lipinski definition) is 3. The van der Waals surface area contributed by atoms with Crippen molar-refractivity contribution in [2.45, 2.75) is 25.7 Å². The van der Waals surface area contributed by atoms with Crippen LogP contribution in [0.5, 0.6) is 0 Å². The molecule has 0 unspecified atom stereocenters. The van der Waals surface area contributed by atoms with Crippen LogP contribution in [0.4, 0.5) is 11.4 Å². The number of rotatable bonds is 3. The largest absolute Gasteiger partial charge is 0.322 e. The van der Waals surface area contributed by atoms with Crippen molar-refractivity contribution in [3.63, 3.8) is 0 Å². The van der Waals surface area contributed by atoms with Gasteiger partial charge in [-0.25, -0.2) is 0 Å². The minimum absolute atomic E-state index is 0.129. The third-order valence-corrected chi connectivity index (χ3v) is 5.84. The Bertz CT molecular complexity index is 886.